The first-order valence-corrected chi connectivity index (χ1v) is 12.5. The third-order valence-electron chi connectivity index (χ3n) is 5.06. The van der Waals surface area contributed by atoms with Crippen LogP contribution in [0, 0.1) is 0 Å². The van der Waals surface area contributed by atoms with Crippen LogP contribution in [-0.2, 0) is 11.4 Å². The van der Waals surface area contributed by atoms with Gasteiger partial charge in [0.05, 0.1) is 29.3 Å². The van der Waals surface area contributed by atoms with Gasteiger partial charge in [-0.25, -0.2) is 4.90 Å². The normalized spacial score (nSPS) is 14.5. The van der Waals surface area contributed by atoms with Crippen LogP contribution < -0.4 is 19.1 Å². The van der Waals surface area contributed by atoms with Gasteiger partial charge >= 0.3 is 0 Å². The number of rotatable bonds is 7. The van der Waals surface area contributed by atoms with E-state index in [4.69, 9.17) is 37.4 Å². The average molecular weight is 595 g/mol. The van der Waals surface area contributed by atoms with E-state index < -0.39 is 11.1 Å². The molecule has 3 aromatic rings. The first-order valence-electron chi connectivity index (χ1n) is 10.2. The molecular formula is C25H18BrCl2NO5S. The maximum absolute atomic E-state index is 13.1. The molecule has 0 N–H and O–H groups in total. The van der Waals surface area contributed by atoms with Crippen LogP contribution in [0.3, 0.4) is 0 Å². The van der Waals surface area contributed by atoms with Crippen molar-refractivity contribution >= 4 is 73.8 Å². The molecule has 35 heavy (non-hydrogen) atoms. The minimum absolute atomic E-state index is 0.197. The Morgan fingerprint density at radius 2 is 1.74 bits per heavy atom. The number of nitrogens with zero attached hydrogens (tertiary/aromatic N) is 1. The Hall–Kier alpha value is -2.65. The largest absolute Gasteiger partial charge is 0.495 e. The van der Waals surface area contributed by atoms with Gasteiger partial charge in [0.25, 0.3) is 11.1 Å². The second-order valence-electron chi connectivity index (χ2n) is 7.25. The van der Waals surface area contributed by atoms with Gasteiger partial charge in [-0.05, 0) is 75.7 Å². The van der Waals surface area contributed by atoms with Crippen molar-refractivity contribution in [3.05, 3.63) is 85.1 Å². The van der Waals surface area contributed by atoms with Gasteiger partial charge in [0.1, 0.15) is 12.4 Å². The summed E-state index contributed by atoms with van der Waals surface area (Å²) in [6.45, 7) is 0.197. The van der Waals surface area contributed by atoms with Gasteiger partial charge < -0.3 is 14.2 Å². The van der Waals surface area contributed by atoms with Gasteiger partial charge in [0.15, 0.2) is 11.5 Å². The first kappa shape index (κ1) is 25.4. The average Bonchev–Trinajstić information content (AvgIpc) is 3.11. The summed E-state index contributed by atoms with van der Waals surface area (Å²) in [5, 5.41) is 0.628. The Kier molecular flexibility index (Phi) is 7.96. The molecular weight excluding hydrogens is 577 g/mol. The van der Waals surface area contributed by atoms with Crippen LogP contribution in [-0.4, -0.2) is 25.4 Å². The lowest BCUT2D eigenvalue weighted by molar-refractivity contribution is -0.113. The molecule has 10 heteroatoms. The zero-order valence-electron chi connectivity index (χ0n) is 18.5. The van der Waals surface area contributed by atoms with Crippen LogP contribution in [0.5, 0.6) is 17.2 Å². The van der Waals surface area contributed by atoms with E-state index >= 15 is 0 Å². The maximum Gasteiger partial charge on any atom is 0.298 e. The molecule has 2 amide bonds. The second kappa shape index (κ2) is 11.0. The Labute approximate surface area is 224 Å². The number of carbonyl (C=O) groups is 2. The van der Waals surface area contributed by atoms with E-state index in [-0.39, 0.29) is 11.5 Å². The number of amides is 2. The molecule has 1 saturated heterocycles. The summed E-state index contributed by atoms with van der Waals surface area (Å²) in [6.07, 6.45) is 1.63. The fourth-order valence-corrected chi connectivity index (χ4v) is 5.26. The van der Waals surface area contributed by atoms with Crippen LogP contribution in [0.2, 0.25) is 10.0 Å². The highest BCUT2D eigenvalue weighted by Gasteiger charge is 2.37. The van der Waals surface area contributed by atoms with Crippen LogP contribution in [0.25, 0.3) is 6.08 Å². The van der Waals surface area contributed by atoms with E-state index in [1.807, 2.05) is 0 Å². The van der Waals surface area contributed by atoms with Crippen LogP contribution >= 0.6 is 50.9 Å². The minimum atomic E-state index is -0.433. The predicted octanol–water partition coefficient (Wildman–Crippen LogP) is 7.59. The molecule has 3 aromatic carbocycles. The topological polar surface area (TPSA) is 65.1 Å². The lowest BCUT2D eigenvalue weighted by atomic mass is 10.1. The Balaban J connectivity index is 1.60. The molecule has 1 aliphatic heterocycles. The monoisotopic (exact) mass is 593 g/mol. The number of hydrogen-bond acceptors (Lipinski definition) is 6. The summed E-state index contributed by atoms with van der Waals surface area (Å²) in [5.74, 6) is 0.914. The highest BCUT2D eigenvalue weighted by Crippen LogP contribution is 2.42. The minimum Gasteiger partial charge on any atom is -0.495 e. The second-order valence-corrected chi connectivity index (χ2v) is 9.94. The van der Waals surface area contributed by atoms with Crippen LogP contribution in [0.4, 0.5) is 10.5 Å². The lowest BCUT2D eigenvalue weighted by Gasteiger charge is -2.16. The molecule has 0 saturated carbocycles. The zero-order chi connectivity index (χ0) is 25.1. The molecule has 6 nitrogen and oxygen atoms in total. The number of halogens is 3. The van der Waals surface area contributed by atoms with Gasteiger partial charge in [0, 0.05) is 15.6 Å². The van der Waals surface area contributed by atoms with Crippen molar-refractivity contribution in [3.8, 4) is 17.2 Å². The fraction of sp³-hybridized carbons (Fsp3) is 0.120. The van der Waals surface area contributed by atoms with Crippen molar-refractivity contribution in [2.24, 2.45) is 0 Å². The van der Waals surface area contributed by atoms with Crippen molar-refractivity contribution in [2.75, 3.05) is 19.1 Å². The van der Waals surface area contributed by atoms with Crippen molar-refractivity contribution in [2.45, 2.75) is 6.61 Å². The summed E-state index contributed by atoms with van der Waals surface area (Å²) >= 11 is 16.6. The van der Waals surface area contributed by atoms with E-state index in [2.05, 4.69) is 15.9 Å². The molecule has 0 aliphatic carbocycles. The Bertz CT molecular complexity index is 1350. The summed E-state index contributed by atoms with van der Waals surface area (Å²) in [5.41, 5.74) is 1.81. The van der Waals surface area contributed by atoms with E-state index in [1.165, 1.54) is 14.2 Å². The van der Waals surface area contributed by atoms with E-state index in [0.717, 1.165) is 22.2 Å². The van der Waals surface area contributed by atoms with Crippen molar-refractivity contribution < 1.29 is 23.8 Å². The summed E-state index contributed by atoms with van der Waals surface area (Å²) < 4.78 is 17.4. The first-order chi connectivity index (χ1) is 16.8. The molecule has 1 heterocycles. The maximum atomic E-state index is 13.1. The number of benzene rings is 3. The quantitative estimate of drug-likeness (QED) is 0.263. The number of anilines is 1. The van der Waals surface area contributed by atoms with Gasteiger partial charge in [-0.3, -0.25) is 9.59 Å². The van der Waals surface area contributed by atoms with Crippen LogP contribution in [0.1, 0.15) is 11.1 Å². The Morgan fingerprint density at radius 3 is 2.46 bits per heavy atom. The predicted molar refractivity (Wildman–Crippen MR) is 143 cm³/mol. The third kappa shape index (κ3) is 5.46. The fourth-order valence-electron chi connectivity index (χ4n) is 3.39. The molecule has 180 valence electrons. The number of methoxy groups -OCH3 is 2. The van der Waals surface area contributed by atoms with Crippen molar-refractivity contribution in [1.29, 1.82) is 0 Å². The molecule has 0 unspecified atom stereocenters. The van der Waals surface area contributed by atoms with E-state index in [9.17, 15) is 9.59 Å². The number of ether oxygens (including phenoxy) is 3. The van der Waals surface area contributed by atoms with Crippen molar-refractivity contribution in [1.82, 2.24) is 0 Å². The van der Waals surface area contributed by atoms with Gasteiger partial charge in [-0.2, -0.15) is 0 Å². The summed E-state index contributed by atoms with van der Waals surface area (Å²) in [4.78, 5) is 27.1. The molecule has 0 radical (unpaired) electrons. The third-order valence-corrected chi connectivity index (χ3v) is 7.10. The molecule has 0 aromatic heterocycles. The number of thioether (sulfide) groups is 1. The number of carbonyl (C=O) groups excluding carboxylic acids is 2. The van der Waals surface area contributed by atoms with Gasteiger partial charge in [0.2, 0.25) is 0 Å². The van der Waals surface area contributed by atoms with Crippen LogP contribution in [0.15, 0.2) is 64.0 Å². The van der Waals surface area contributed by atoms with Gasteiger partial charge in [-0.1, -0.05) is 41.4 Å². The molecule has 0 bridgehead atoms. The lowest BCUT2D eigenvalue weighted by Crippen LogP contribution is -2.28. The molecule has 4 rings (SSSR count). The highest BCUT2D eigenvalue weighted by molar-refractivity contribution is 9.10. The Morgan fingerprint density at radius 1 is 1.00 bits per heavy atom. The number of para-hydroxylation sites is 2. The molecule has 1 fully saturated rings. The highest BCUT2D eigenvalue weighted by atomic mass is 79.9. The SMILES string of the molecule is COc1ccccc1N1C(=O)S/C(=C\c2cc(Br)c(OCc3ccc(Cl)cc3Cl)c(OC)c2)C1=O. The number of imide groups is 1. The van der Waals surface area contributed by atoms with E-state index in [0.29, 0.717) is 43.0 Å². The smallest absolute Gasteiger partial charge is 0.298 e. The number of hydrogen-bond donors (Lipinski definition) is 0. The molecule has 0 atom stereocenters. The zero-order valence-corrected chi connectivity index (χ0v) is 22.4. The summed E-state index contributed by atoms with van der Waals surface area (Å²) in [6, 6.07) is 15.5. The van der Waals surface area contributed by atoms with E-state index in [1.54, 1.807) is 60.7 Å². The standard InChI is InChI=1S/C25H18BrCl2NO5S/c1-32-20-6-4-3-5-19(20)29-24(30)22(35-25(29)31)11-14-9-17(26)23(21(10-14)33-2)34-13-15-7-8-16(27)12-18(15)28/h3-12H,13H2,1-2H3/b22-11-. The molecule has 0 spiro atoms. The molecule has 1 aliphatic rings. The van der Waals surface area contributed by atoms with Crippen molar-refractivity contribution in [3.63, 3.8) is 0 Å². The van der Waals surface area contributed by atoms with Gasteiger partial charge in [-0.15, -0.1) is 0 Å². The summed E-state index contributed by atoms with van der Waals surface area (Å²) in [7, 11) is 3.01.